The molecule has 1 aromatic heterocycles. The Labute approximate surface area is 169 Å². The minimum atomic E-state index is -0.525. The van der Waals surface area contributed by atoms with Crippen molar-refractivity contribution in [2.75, 3.05) is 6.61 Å². The second-order valence-electron chi connectivity index (χ2n) is 8.29. The molecule has 3 unspecified atom stereocenters. The lowest BCUT2D eigenvalue weighted by molar-refractivity contribution is -0.126. The molecule has 0 aliphatic carbocycles. The van der Waals surface area contributed by atoms with Gasteiger partial charge in [0.2, 0.25) is 5.91 Å². The van der Waals surface area contributed by atoms with Crippen molar-refractivity contribution >= 4 is 44.9 Å². The molecule has 0 radical (unpaired) electrons. The number of hydrogen-bond donors (Lipinski definition) is 1. The van der Waals surface area contributed by atoms with E-state index in [9.17, 15) is 9.59 Å². The molecule has 2 aromatic rings. The highest BCUT2D eigenvalue weighted by molar-refractivity contribution is 7.99. The maximum absolute atomic E-state index is 13.0. The van der Waals surface area contributed by atoms with Crippen LogP contribution in [0.5, 0.6) is 0 Å². The van der Waals surface area contributed by atoms with E-state index in [2.05, 4.69) is 49.7 Å². The lowest BCUT2D eigenvalue weighted by Crippen LogP contribution is -2.47. The van der Waals surface area contributed by atoms with Crippen molar-refractivity contribution in [1.82, 2.24) is 5.32 Å². The maximum atomic E-state index is 13.0. The molecule has 27 heavy (non-hydrogen) atoms. The van der Waals surface area contributed by atoms with Gasteiger partial charge in [-0.05, 0) is 41.2 Å². The Morgan fingerprint density at radius 3 is 2.78 bits per heavy atom. The number of nitrogens with one attached hydrogen (secondary N) is 1. The monoisotopic (exact) mass is 405 g/mol. The summed E-state index contributed by atoms with van der Waals surface area (Å²) in [6, 6.07) is 7.84. The number of thiophene rings is 1. The Bertz CT molecular complexity index is 824. The first-order valence-electron chi connectivity index (χ1n) is 9.26. The number of carbonyl (C=O) groups excluding carboxylic acids is 2. The van der Waals surface area contributed by atoms with E-state index in [-0.39, 0.29) is 35.1 Å². The maximum Gasteiger partial charge on any atom is 0.233 e. The van der Waals surface area contributed by atoms with Crippen molar-refractivity contribution in [2.45, 2.75) is 57.3 Å². The molecule has 3 rings (SSSR count). The number of fused-ring (bicyclic) bond motifs is 1. The highest BCUT2D eigenvalue weighted by Gasteiger charge is 2.36. The molecule has 3 atom stereocenters. The fourth-order valence-corrected chi connectivity index (χ4v) is 5.75. The third kappa shape index (κ3) is 5.12. The summed E-state index contributed by atoms with van der Waals surface area (Å²) in [4.78, 5) is 24.9. The van der Waals surface area contributed by atoms with Gasteiger partial charge in [-0.2, -0.15) is 0 Å². The SMILES string of the molecule is CC1OCC(=O)C1NC(=O)C(CC(C)(C)C)SCc1csc2ccccc12. The number of carbonyl (C=O) groups is 2. The van der Waals surface area contributed by atoms with Crippen molar-refractivity contribution in [1.29, 1.82) is 0 Å². The van der Waals surface area contributed by atoms with Gasteiger partial charge in [0.15, 0.2) is 5.78 Å². The second-order valence-corrected chi connectivity index (χ2v) is 10.4. The van der Waals surface area contributed by atoms with E-state index in [0.717, 1.165) is 12.2 Å². The predicted molar refractivity (Wildman–Crippen MR) is 113 cm³/mol. The molecule has 4 nitrogen and oxygen atoms in total. The summed E-state index contributed by atoms with van der Waals surface area (Å²) in [5, 5.41) is 6.17. The fourth-order valence-electron chi connectivity index (χ4n) is 3.22. The van der Waals surface area contributed by atoms with Crippen LogP contribution in [0.15, 0.2) is 29.6 Å². The first-order chi connectivity index (χ1) is 12.7. The van der Waals surface area contributed by atoms with Gasteiger partial charge in [-0.1, -0.05) is 39.0 Å². The topological polar surface area (TPSA) is 55.4 Å². The Hall–Kier alpha value is -1.37. The van der Waals surface area contributed by atoms with Gasteiger partial charge < -0.3 is 10.1 Å². The number of rotatable bonds is 6. The highest BCUT2D eigenvalue weighted by Crippen LogP contribution is 2.34. The van der Waals surface area contributed by atoms with Crippen LogP contribution in [0.2, 0.25) is 0 Å². The van der Waals surface area contributed by atoms with E-state index in [1.165, 1.54) is 15.6 Å². The zero-order valence-corrected chi connectivity index (χ0v) is 17.9. The van der Waals surface area contributed by atoms with E-state index < -0.39 is 6.04 Å². The van der Waals surface area contributed by atoms with Crippen molar-refractivity contribution in [3.63, 3.8) is 0 Å². The van der Waals surface area contributed by atoms with Crippen LogP contribution in [-0.4, -0.2) is 35.7 Å². The molecule has 0 spiro atoms. The van der Waals surface area contributed by atoms with Gasteiger partial charge >= 0.3 is 0 Å². The largest absolute Gasteiger partial charge is 0.368 e. The zero-order valence-electron chi connectivity index (χ0n) is 16.3. The first kappa shape index (κ1) is 20.4. The first-order valence-corrected chi connectivity index (χ1v) is 11.2. The van der Waals surface area contributed by atoms with Gasteiger partial charge in [-0.3, -0.25) is 9.59 Å². The molecule has 0 saturated carbocycles. The average molecular weight is 406 g/mol. The quantitative estimate of drug-likeness (QED) is 0.773. The number of benzene rings is 1. The molecule has 1 saturated heterocycles. The van der Waals surface area contributed by atoms with Crippen molar-refractivity contribution in [2.24, 2.45) is 5.41 Å². The molecule has 2 heterocycles. The molecular weight excluding hydrogens is 378 g/mol. The molecule has 1 fully saturated rings. The summed E-state index contributed by atoms with van der Waals surface area (Å²) in [7, 11) is 0. The Kier molecular flexibility index (Phi) is 6.28. The van der Waals surface area contributed by atoms with Gasteiger partial charge in [-0.15, -0.1) is 23.1 Å². The molecule has 6 heteroatoms. The molecule has 1 amide bonds. The van der Waals surface area contributed by atoms with Gasteiger partial charge in [0, 0.05) is 10.5 Å². The molecule has 1 N–H and O–H groups in total. The van der Waals surface area contributed by atoms with Gasteiger partial charge in [-0.25, -0.2) is 0 Å². The van der Waals surface area contributed by atoms with Crippen LogP contribution in [0.1, 0.15) is 39.7 Å². The fraction of sp³-hybridized carbons (Fsp3) is 0.524. The summed E-state index contributed by atoms with van der Waals surface area (Å²) < 4.78 is 6.63. The highest BCUT2D eigenvalue weighted by atomic mass is 32.2. The van der Waals surface area contributed by atoms with Gasteiger partial charge in [0.25, 0.3) is 0 Å². The lowest BCUT2D eigenvalue weighted by Gasteiger charge is -2.26. The number of thioether (sulfide) groups is 1. The molecule has 0 bridgehead atoms. The lowest BCUT2D eigenvalue weighted by atomic mass is 9.90. The van der Waals surface area contributed by atoms with Crippen LogP contribution >= 0.6 is 23.1 Å². The van der Waals surface area contributed by atoms with Gasteiger partial charge in [0.1, 0.15) is 12.6 Å². The zero-order chi connectivity index (χ0) is 19.6. The summed E-state index contributed by atoms with van der Waals surface area (Å²) in [6.45, 7) is 8.34. The van der Waals surface area contributed by atoms with Crippen molar-refractivity contribution in [3.05, 3.63) is 35.2 Å². The third-order valence-corrected chi connectivity index (χ3v) is 6.97. The number of Topliss-reactive ketones (excluding diaryl/α,β-unsaturated/α-hetero) is 1. The van der Waals surface area contributed by atoms with Crippen LogP contribution in [0.3, 0.4) is 0 Å². The van der Waals surface area contributed by atoms with Crippen molar-refractivity contribution < 1.29 is 14.3 Å². The molecule has 146 valence electrons. The minimum Gasteiger partial charge on any atom is -0.368 e. The number of amides is 1. The van der Waals surface area contributed by atoms with E-state index >= 15 is 0 Å². The van der Waals surface area contributed by atoms with Gasteiger partial charge in [0.05, 0.1) is 11.4 Å². The van der Waals surface area contributed by atoms with Crippen LogP contribution in [-0.2, 0) is 20.1 Å². The number of ketones is 1. The van der Waals surface area contributed by atoms with Crippen molar-refractivity contribution in [3.8, 4) is 0 Å². The standard InChI is InChI=1S/C21H27NO3S2/c1-13-19(16(23)10-25-13)22-20(24)18(9-21(2,3)4)27-12-14-11-26-17-8-6-5-7-15(14)17/h5-8,11,13,18-19H,9-10,12H2,1-4H3,(H,22,24). The van der Waals surface area contributed by atoms with E-state index in [4.69, 9.17) is 4.74 Å². The van der Waals surface area contributed by atoms with Crippen LogP contribution in [0.25, 0.3) is 10.1 Å². The van der Waals surface area contributed by atoms with E-state index in [1.54, 1.807) is 23.1 Å². The smallest absolute Gasteiger partial charge is 0.233 e. The van der Waals surface area contributed by atoms with Crippen LogP contribution < -0.4 is 5.32 Å². The van der Waals surface area contributed by atoms with Crippen LogP contribution in [0.4, 0.5) is 0 Å². The molecule has 1 aliphatic heterocycles. The summed E-state index contributed by atoms with van der Waals surface area (Å²) in [6.07, 6.45) is 0.490. The molecule has 1 aromatic carbocycles. The molecule has 1 aliphatic rings. The summed E-state index contributed by atoms with van der Waals surface area (Å²) in [5.41, 5.74) is 1.29. The Morgan fingerprint density at radius 1 is 1.37 bits per heavy atom. The summed E-state index contributed by atoms with van der Waals surface area (Å²) in [5.74, 6) is 0.674. The van der Waals surface area contributed by atoms with E-state index in [0.29, 0.717) is 0 Å². The average Bonchev–Trinajstić information content (AvgIpc) is 3.16. The number of hydrogen-bond acceptors (Lipinski definition) is 5. The Morgan fingerprint density at radius 2 is 2.11 bits per heavy atom. The summed E-state index contributed by atoms with van der Waals surface area (Å²) >= 11 is 3.40. The van der Waals surface area contributed by atoms with E-state index in [1.807, 2.05) is 13.0 Å². The minimum absolute atomic E-state index is 0.0214. The second kappa shape index (κ2) is 8.33. The number of ether oxygens (including phenoxy) is 1. The molecular formula is C21H27NO3S2. The predicted octanol–water partition coefficient (Wildman–Crippen LogP) is 4.41. The Balaban J connectivity index is 1.71. The third-order valence-electron chi connectivity index (χ3n) is 4.69. The van der Waals surface area contributed by atoms with Crippen LogP contribution in [0, 0.1) is 5.41 Å². The normalized spacial score (nSPS) is 21.6.